The van der Waals surface area contributed by atoms with Crippen molar-refractivity contribution >= 4 is 28.1 Å². The van der Waals surface area contributed by atoms with Gasteiger partial charge in [-0.05, 0) is 44.3 Å². The second kappa shape index (κ2) is 7.06. The Morgan fingerprint density at radius 1 is 1.42 bits per heavy atom. The van der Waals surface area contributed by atoms with Crippen molar-refractivity contribution in [3.8, 4) is 0 Å². The Labute approximate surface area is 143 Å². The number of non-ortho nitro benzene ring substituents is 1. The molecule has 3 rings (SSSR count). The van der Waals surface area contributed by atoms with Crippen molar-refractivity contribution in [3.63, 3.8) is 0 Å². The molecule has 126 valence electrons. The highest BCUT2D eigenvalue weighted by molar-refractivity contribution is 7.15. The number of carbonyl (C=O) groups is 1. The maximum atomic E-state index is 12.4. The number of nitrogens with zero attached hydrogens (tertiary/aromatic N) is 2. The molecule has 1 fully saturated rings. The summed E-state index contributed by atoms with van der Waals surface area (Å²) < 4.78 is 0. The Balaban J connectivity index is 1.74. The van der Waals surface area contributed by atoms with E-state index in [2.05, 4.69) is 15.6 Å². The van der Waals surface area contributed by atoms with Crippen molar-refractivity contribution in [3.05, 3.63) is 50.5 Å². The molecule has 0 radical (unpaired) electrons. The Bertz CT molecular complexity index is 768. The van der Waals surface area contributed by atoms with Crippen molar-refractivity contribution in [2.24, 2.45) is 0 Å². The first-order valence-electron chi connectivity index (χ1n) is 7.77. The minimum atomic E-state index is -0.505. The number of nitrogens with one attached hydrogen (secondary N) is 2. The molecule has 8 heteroatoms. The number of nitro groups is 1. The van der Waals surface area contributed by atoms with Crippen LogP contribution >= 0.6 is 11.3 Å². The molecule has 1 aliphatic rings. The molecule has 0 spiro atoms. The van der Waals surface area contributed by atoms with E-state index in [1.165, 1.54) is 28.3 Å². The molecule has 24 heavy (non-hydrogen) atoms. The van der Waals surface area contributed by atoms with Gasteiger partial charge in [-0.3, -0.25) is 20.2 Å². The van der Waals surface area contributed by atoms with E-state index in [1.807, 2.05) is 6.20 Å². The number of benzene rings is 1. The zero-order chi connectivity index (χ0) is 17.1. The molecular formula is C16H18N4O3S. The third-order valence-electron chi connectivity index (χ3n) is 4.16. The van der Waals surface area contributed by atoms with Gasteiger partial charge in [-0.2, -0.15) is 0 Å². The Morgan fingerprint density at radius 3 is 2.88 bits per heavy atom. The molecule has 2 N–H and O–H groups in total. The van der Waals surface area contributed by atoms with E-state index < -0.39 is 4.92 Å². The van der Waals surface area contributed by atoms with Crippen molar-refractivity contribution < 1.29 is 9.72 Å². The number of aryl methyl sites for hydroxylation is 1. The lowest BCUT2D eigenvalue weighted by Gasteiger charge is -2.20. The lowest BCUT2D eigenvalue weighted by Crippen LogP contribution is -2.26. The highest BCUT2D eigenvalue weighted by Gasteiger charge is 2.20. The van der Waals surface area contributed by atoms with Crippen LogP contribution in [0.4, 0.5) is 10.8 Å². The van der Waals surface area contributed by atoms with Gasteiger partial charge in [0.15, 0.2) is 5.13 Å². The maximum Gasteiger partial charge on any atom is 0.270 e. The van der Waals surface area contributed by atoms with Crippen LogP contribution < -0.4 is 10.6 Å². The second-order valence-electron chi connectivity index (χ2n) is 5.80. The fourth-order valence-corrected chi connectivity index (χ4v) is 3.75. The Hall–Kier alpha value is -2.32. The molecule has 1 saturated heterocycles. The van der Waals surface area contributed by atoms with E-state index in [0.29, 0.717) is 22.2 Å². The topological polar surface area (TPSA) is 97.2 Å². The van der Waals surface area contributed by atoms with Gasteiger partial charge in [0.05, 0.1) is 4.92 Å². The lowest BCUT2D eigenvalue weighted by atomic mass is 9.97. The van der Waals surface area contributed by atoms with Gasteiger partial charge in [0.1, 0.15) is 0 Å². The number of hydrogen-bond acceptors (Lipinski definition) is 6. The molecule has 0 bridgehead atoms. The Morgan fingerprint density at radius 2 is 2.17 bits per heavy atom. The van der Waals surface area contributed by atoms with Crippen LogP contribution in [-0.4, -0.2) is 28.9 Å². The average molecular weight is 346 g/mol. The van der Waals surface area contributed by atoms with Gasteiger partial charge in [-0.15, -0.1) is 11.3 Å². The third kappa shape index (κ3) is 3.60. The van der Waals surface area contributed by atoms with E-state index in [0.717, 1.165) is 25.9 Å². The molecule has 2 aromatic rings. The predicted octanol–water partition coefficient (Wildman–Crippen LogP) is 3.08. The summed E-state index contributed by atoms with van der Waals surface area (Å²) in [6.07, 6.45) is 3.95. The third-order valence-corrected chi connectivity index (χ3v) is 5.24. The van der Waals surface area contributed by atoms with Crippen LogP contribution in [0.25, 0.3) is 0 Å². The number of rotatable bonds is 4. The number of carbonyl (C=O) groups excluding carboxylic acids is 1. The van der Waals surface area contributed by atoms with Crippen LogP contribution in [0.15, 0.2) is 24.4 Å². The lowest BCUT2D eigenvalue weighted by molar-refractivity contribution is -0.384. The molecule has 2 heterocycles. The number of hydrogen-bond donors (Lipinski definition) is 2. The number of piperidine rings is 1. The second-order valence-corrected chi connectivity index (χ2v) is 6.86. The molecule has 0 atom stereocenters. The summed E-state index contributed by atoms with van der Waals surface area (Å²) in [6, 6.07) is 4.27. The standard InChI is InChI=1S/C16H18N4O3S/c1-10-2-3-12(20(22)23)8-13(10)15(21)19-16-18-9-14(24-16)11-4-6-17-7-5-11/h2-3,8-9,11,17H,4-7H2,1H3,(H,18,19,21). The van der Waals surface area contributed by atoms with Crippen LogP contribution in [0.5, 0.6) is 0 Å². The quantitative estimate of drug-likeness (QED) is 0.655. The first kappa shape index (κ1) is 16.5. The smallest absolute Gasteiger partial charge is 0.270 e. The van der Waals surface area contributed by atoms with Crippen molar-refractivity contribution in [1.82, 2.24) is 10.3 Å². The van der Waals surface area contributed by atoms with E-state index in [1.54, 1.807) is 13.0 Å². The van der Waals surface area contributed by atoms with Crippen molar-refractivity contribution in [1.29, 1.82) is 0 Å². The van der Waals surface area contributed by atoms with Gasteiger partial charge in [-0.1, -0.05) is 6.07 Å². The van der Waals surface area contributed by atoms with Crippen LogP contribution in [0, 0.1) is 17.0 Å². The number of thiazole rings is 1. The highest BCUT2D eigenvalue weighted by Crippen LogP contribution is 2.32. The molecule has 1 aliphatic heterocycles. The SMILES string of the molecule is Cc1ccc([N+](=O)[O-])cc1C(=O)Nc1ncc(C2CCNCC2)s1. The van der Waals surface area contributed by atoms with Crippen LogP contribution in [0.3, 0.4) is 0 Å². The number of aromatic nitrogens is 1. The zero-order valence-corrected chi connectivity index (χ0v) is 14.1. The van der Waals surface area contributed by atoms with Gasteiger partial charge < -0.3 is 5.32 Å². The molecule has 1 aromatic heterocycles. The molecule has 0 saturated carbocycles. The molecule has 0 aliphatic carbocycles. The summed E-state index contributed by atoms with van der Waals surface area (Å²) in [6.45, 7) is 3.75. The van der Waals surface area contributed by atoms with Gasteiger partial charge in [-0.25, -0.2) is 4.98 Å². The fourth-order valence-electron chi connectivity index (χ4n) is 2.77. The molecule has 7 nitrogen and oxygen atoms in total. The summed E-state index contributed by atoms with van der Waals surface area (Å²) in [5.41, 5.74) is 0.885. The summed E-state index contributed by atoms with van der Waals surface area (Å²) in [5, 5.41) is 17.5. The minimum absolute atomic E-state index is 0.0970. The van der Waals surface area contributed by atoms with Crippen LogP contribution in [0.2, 0.25) is 0 Å². The monoisotopic (exact) mass is 346 g/mol. The van der Waals surface area contributed by atoms with E-state index in [-0.39, 0.29) is 11.6 Å². The van der Waals surface area contributed by atoms with E-state index in [4.69, 9.17) is 0 Å². The number of amides is 1. The van der Waals surface area contributed by atoms with Crippen LogP contribution in [-0.2, 0) is 0 Å². The maximum absolute atomic E-state index is 12.4. The van der Waals surface area contributed by atoms with E-state index in [9.17, 15) is 14.9 Å². The van der Waals surface area contributed by atoms with Crippen LogP contribution in [0.1, 0.15) is 39.6 Å². The Kier molecular flexibility index (Phi) is 4.86. The van der Waals surface area contributed by atoms with Gasteiger partial charge in [0.2, 0.25) is 0 Å². The van der Waals surface area contributed by atoms with Crippen molar-refractivity contribution in [2.75, 3.05) is 18.4 Å². The first-order valence-corrected chi connectivity index (χ1v) is 8.59. The fraction of sp³-hybridized carbons (Fsp3) is 0.375. The molecule has 1 amide bonds. The van der Waals surface area contributed by atoms with Crippen molar-refractivity contribution in [2.45, 2.75) is 25.7 Å². The molecule has 0 unspecified atom stereocenters. The predicted molar refractivity (Wildman–Crippen MR) is 92.7 cm³/mol. The summed E-state index contributed by atoms with van der Waals surface area (Å²) in [4.78, 5) is 28.2. The normalized spacial score (nSPS) is 15.2. The largest absolute Gasteiger partial charge is 0.317 e. The molecule has 1 aromatic carbocycles. The number of anilines is 1. The first-order chi connectivity index (χ1) is 11.5. The van der Waals surface area contributed by atoms with Gasteiger partial charge in [0, 0.05) is 28.8 Å². The summed E-state index contributed by atoms with van der Waals surface area (Å²) in [5.74, 6) is 0.108. The summed E-state index contributed by atoms with van der Waals surface area (Å²) >= 11 is 1.47. The number of nitro benzene ring substituents is 1. The minimum Gasteiger partial charge on any atom is -0.317 e. The molecular weight excluding hydrogens is 328 g/mol. The highest BCUT2D eigenvalue weighted by atomic mass is 32.1. The van der Waals surface area contributed by atoms with Gasteiger partial charge in [0.25, 0.3) is 11.6 Å². The summed E-state index contributed by atoms with van der Waals surface area (Å²) in [7, 11) is 0. The zero-order valence-electron chi connectivity index (χ0n) is 13.2. The van der Waals surface area contributed by atoms with Gasteiger partial charge >= 0.3 is 0 Å². The average Bonchev–Trinajstić information content (AvgIpc) is 3.04. The van der Waals surface area contributed by atoms with E-state index >= 15 is 0 Å².